The van der Waals surface area contributed by atoms with E-state index in [1.165, 1.54) is 0 Å². The van der Waals surface area contributed by atoms with Crippen molar-refractivity contribution in [2.45, 2.75) is 32.2 Å². The molecule has 12 heteroatoms. The molecule has 2 aliphatic heterocycles. The molecule has 0 amide bonds. The number of nitrogen functional groups attached to an aromatic ring is 1. The van der Waals surface area contributed by atoms with E-state index < -0.39 is 11.0 Å². The molecule has 1 atom stereocenters. The Morgan fingerprint density at radius 2 is 2.06 bits per heavy atom. The lowest BCUT2D eigenvalue weighted by Gasteiger charge is -2.12. The third-order valence-corrected chi connectivity index (χ3v) is 7.71. The van der Waals surface area contributed by atoms with Crippen LogP contribution in [0.1, 0.15) is 22.8 Å². The van der Waals surface area contributed by atoms with E-state index in [0.717, 1.165) is 63.6 Å². The Morgan fingerprint density at radius 1 is 1.14 bits per heavy atom. The van der Waals surface area contributed by atoms with Gasteiger partial charge in [0.1, 0.15) is 28.4 Å². The highest BCUT2D eigenvalue weighted by Crippen LogP contribution is 2.35. The number of hydrogen-bond donors (Lipinski definition) is 3. The first-order chi connectivity index (χ1) is 17.5. The van der Waals surface area contributed by atoms with Crippen LogP contribution in [-0.2, 0) is 36.2 Å². The van der Waals surface area contributed by atoms with Crippen molar-refractivity contribution in [1.82, 2.24) is 34.3 Å². The van der Waals surface area contributed by atoms with Gasteiger partial charge < -0.3 is 20.3 Å². The quantitative estimate of drug-likeness (QED) is 0.345. The number of nitrogens with zero attached hydrogens (tertiary/aromatic N) is 7. The van der Waals surface area contributed by atoms with Gasteiger partial charge in [0.05, 0.1) is 29.4 Å². The van der Waals surface area contributed by atoms with Gasteiger partial charge in [0.15, 0.2) is 5.82 Å². The summed E-state index contributed by atoms with van der Waals surface area (Å²) in [5.74, 6) is 3.19. The summed E-state index contributed by atoms with van der Waals surface area (Å²) in [5, 5.41) is 9.73. The fourth-order valence-corrected chi connectivity index (χ4v) is 5.90. The van der Waals surface area contributed by atoms with Crippen LogP contribution in [0.15, 0.2) is 43.0 Å². The van der Waals surface area contributed by atoms with Crippen molar-refractivity contribution in [3.63, 3.8) is 0 Å². The molecule has 180 valence electrons. The lowest BCUT2D eigenvalue weighted by atomic mass is 10.0. The molecular weight excluding hydrogens is 476 g/mol. The van der Waals surface area contributed by atoms with Crippen LogP contribution in [0.25, 0.3) is 22.0 Å². The SMILES string of the molecule is Cc1c(-c2cc3cc(Nc4cc5n(n4)Cc4nccn4CC5)ncc3c(N)n2)cnc2c1NS(=O)C2. The summed E-state index contributed by atoms with van der Waals surface area (Å²) in [6, 6.07) is 5.97. The van der Waals surface area contributed by atoms with Crippen LogP contribution in [0.3, 0.4) is 0 Å². The molecule has 7 rings (SSSR count). The van der Waals surface area contributed by atoms with Crippen LogP contribution in [0.5, 0.6) is 0 Å². The van der Waals surface area contributed by atoms with Gasteiger partial charge in [0.25, 0.3) is 0 Å². The van der Waals surface area contributed by atoms with E-state index in [1.807, 2.05) is 36.1 Å². The van der Waals surface area contributed by atoms with Crippen LogP contribution in [0, 0.1) is 6.92 Å². The Balaban J connectivity index is 1.22. The van der Waals surface area contributed by atoms with Crippen molar-refractivity contribution in [1.29, 1.82) is 0 Å². The van der Waals surface area contributed by atoms with Crippen LogP contribution >= 0.6 is 0 Å². The highest BCUT2D eigenvalue weighted by molar-refractivity contribution is 7.86. The Kier molecular flexibility index (Phi) is 4.58. The molecule has 5 aromatic heterocycles. The van der Waals surface area contributed by atoms with Gasteiger partial charge in [0.2, 0.25) is 0 Å². The second-order valence-corrected chi connectivity index (χ2v) is 10.2. The van der Waals surface area contributed by atoms with Crippen molar-refractivity contribution >= 4 is 44.9 Å². The van der Waals surface area contributed by atoms with E-state index in [-0.39, 0.29) is 0 Å². The second kappa shape index (κ2) is 7.85. The van der Waals surface area contributed by atoms with Crippen LogP contribution in [0.4, 0.5) is 23.1 Å². The van der Waals surface area contributed by atoms with Gasteiger partial charge in [-0.3, -0.25) is 9.67 Å². The van der Waals surface area contributed by atoms with Crippen LogP contribution < -0.4 is 15.8 Å². The van der Waals surface area contributed by atoms with Crippen molar-refractivity contribution < 1.29 is 4.21 Å². The summed E-state index contributed by atoms with van der Waals surface area (Å²) in [6.45, 7) is 3.49. The number of hydrogen-bond acceptors (Lipinski definition) is 8. The van der Waals surface area contributed by atoms with E-state index in [0.29, 0.717) is 29.6 Å². The zero-order valence-corrected chi connectivity index (χ0v) is 20.2. The molecule has 0 fully saturated rings. The molecular formula is C24H22N10OS. The fraction of sp³-hybridized carbons (Fsp3) is 0.208. The number of rotatable bonds is 3. The smallest absolute Gasteiger partial charge is 0.153 e. The lowest BCUT2D eigenvalue weighted by Crippen LogP contribution is -2.06. The predicted molar refractivity (Wildman–Crippen MR) is 138 cm³/mol. The number of anilines is 4. The maximum absolute atomic E-state index is 11.9. The third kappa shape index (κ3) is 3.40. The monoisotopic (exact) mass is 498 g/mol. The minimum atomic E-state index is -1.14. The minimum absolute atomic E-state index is 0.391. The molecule has 0 aromatic carbocycles. The van der Waals surface area contributed by atoms with Crippen LogP contribution in [-0.4, -0.2) is 38.5 Å². The summed E-state index contributed by atoms with van der Waals surface area (Å²) in [4.78, 5) is 18.1. The van der Waals surface area contributed by atoms with Gasteiger partial charge >= 0.3 is 0 Å². The highest BCUT2D eigenvalue weighted by atomic mass is 32.2. The van der Waals surface area contributed by atoms with E-state index >= 15 is 0 Å². The normalized spacial score (nSPS) is 16.2. The molecule has 2 aliphatic rings. The highest BCUT2D eigenvalue weighted by Gasteiger charge is 2.23. The fourth-order valence-electron chi connectivity index (χ4n) is 4.86. The number of imidazole rings is 1. The van der Waals surface area contributed by atoms with Gasteiger partial charge in [-0.25, -0.2) is 19.2 Å². The van der Waals surface area contributed by atoms with Crippen molar-refractivity contribution in [2.24, 2.45) is 0 Å². The van der Waals surface area contributed by atoms with Gasteiger partial charge in [0, 0.05) is 60.5 Å². The summed E-state index contributed by atoms with van der Waals surface area (Å²) in [7, 11) is -1.14. The average molecular weight is 499 g/mol. The molecule has 0 aliphatic carbocycles. The molecule has 0 saturated heterocycles. The van der Waals surface area contributed by atoms with E-state index in [9.17, 15) is 4.21 Å². The molecule has 36 heavy (non-hydrogen) atoms. The average Bonchev–Trinajstić information content (AvgIpc) is 3.54. The predicted octanol–water partition coefficient (Wildman–Crippen LogP) is 2.91. The molecule has 0 radical (unpaired) electrons. The van der Waals surface area contributed by atoms with Gasteiger partial charge in [-0.15, -0.1) is 0 Å². The summed E-state index contributed by atoms with van der Waals surface area (Å²) >= 11 is 0. The second-order valence-electron chi connectivity index (χ2n) is 8.98. The Morgan fingerprint density at radius 3 is 2.97 bits per heavy atom. The Labute approximate surface area is 208 Å². The van der Waals surface area contributed by atoms with Crippen molar-refractivity contribution in [3.8, 4) is 11.3 Å². The number of nitrogens with one attached hydrogen (secondary N) is 2. The number of aromatic nitrogens is 7. The lowest BCUT2D eigenvalue weighted by molar-refractivity contribution is 0.641. The van der Waals surface area contributed by atoms with Crippen LogP contribution in [0.2, 0.25) is 0 Å². The summed E-state index contributed by atoms with van der Waals surface area (Å²) in [5.41, 5.74) is 11.6. The standard InChI is InChI=1S/C24H22N10OS/c1-13-16(9-27-19-12-36(35)32-23(13)19)18-6-14-7-20(28-10-17(14)24(25)29-18)30-21-8-15-2-4-33-5-3-26-22(33)11-34(15)31-21/h3,5-10,32H,2,4,11-12H2,1H3,(H2,25,29)(H,28,30,31). The molecule has 4 N–H and O–H groups in total. The zero-order valence-electron chi connectivity index (χ0n) is 19.4. The molecule has 1 unspecified atom stereocenters. The number of fused-ring (bicyclic) bond motifs is 4. The first-order valence-electron chi connectivity index (χ1n) is 11.6. The first kappa shape index (κ1) is 21.0. The van der Waals surface area contributed by atoms with E-state index in [1.54, 1.807) is 12.4 Å². The number of aryl methyl sites for hydroxylation is 2. The van der Waals surface area contributed by atoms with Gasteiger partial charge in [-0.05, 0) is 30.0 Å². The van der Waals surface area contributed by atoms with Gasteiger partial charge in [-0.2, -0.15) is 5.10 Å². The molecule has 0 saturated carbocycles. The molecule has 11 nitrogen and oxygen atoms in total. The minimum Gasteiger partial charge on any atom is -0.383 e. The molecule has 7 heterocycles. The number of pyridine rings is 3. The zero-order chi connectivity index (χ0) is 24.4. The van der Waals surface area contributed by atoms with Gasteiger partial charge in [-0.1, -0.05) is 0 Å². The van der Waals surface area contributed by atoms with Crippen molar-refractivity contribution in [3.05, 3.63) is 65.8 Å². The molecule has 0 spiro atoms. The van der Waals surface area contributed by atoms with E-state index in [4.69, 9.17) is 10.8 Å². The Hall–Kier alpha value is -4.32. The van der Waals surface area contributed by atoms with E-state index in [2.05, 4.69) is 40.6 Å². The molecule has 5 aromatic rings. The summed E-state index contributed by atoms with van der Waals surface area (Å²) < 4.78 is 19.1. The Bertz CT molecular complexity index is 1710. The number of nitrogens with two attached hydrogens (primary N) is 1. The first-order valence-corrected chi connectivity index (χ1v) is 12.9. The maximum atomic E-state index is 11.9. The third-order valence-electron chi connectivity index (χ3n) is 6.74. The molecule has 0 bridgehead atoms. The topological polar surface area (TPSA) is 141 Å². The summed E-state index contributed by atoms with van der Waals surface area (Å²) in [6.07, 6.45) is 8.21. The van der Waals surface area contributed by atoms with Crippen molar-refractivity contribution in [2.75, 3.05) is 15.8 Å². The maximum Gasteiger partial charge on any atom is 0.153 e. The largest absolute Gasteiger partial charge is 0.383 e.